The maximum atomic E-state index is 5.57. The molecule has 1 aliphatic heterocycles. The normalized spacial score (nSPS) is 19.8. The maximum absolute atomic E-state index is 5.57. The van der Waals surface area contributed by atoms with Gasteiger partial charge in [-0.05, 0) is 46.3 Å². The van der Waals surface area contributed by atoms with E-state index in [-0.39, 0.29) is 0 Å². The summed E-state index contributed by atoms with van der Waals surface area (Å²) in [5.74, 6) is 1.74. The molecule has 0 radical (unpaired) electrons. The second-order valence-corrected chi connectivity index (χ2v) is 5.32. The van der Waals surface area contributed by atoms with Crippen molar-refractivity contribution in [2.75, 3.05) is 32.0 Å². The molecule has 0 aliphatic carbocycles. The highest BCUT2D eigenvalue weighted by molar-refractivity contribution is 5.36. The van der Waals surface area contributed by atoms with Gasteiger partial charge in [-0.1, -0.05) is 0 Å². The van der Waals surface area contributed by atoms with Crippen LogP contribution in [0.4, 0.5) is 5.82 Å². The van der Waals surface area contributed by atoms with Crippen molar-refractivity contribution in [3.63, 3.8) is 0 Å². The number of nitrogens with zero attached hydrogens (tertiary/aromatic N) is 3. The van der Waals surface area contributed by atoms with Crippen LogP contribution in [0, 0.1) is 6.92 Å². The average Bonchev–Trinajstić information content (AvgIpc) is 2.75. The molecule has 1 fully saturated rings. The predicted octanol–water partition coefficient (Wildman–Crippen LogP) is 1.18. The Kier molecular flexibility index (Phi) is 5.10. The van der Waals surface area contributed by atoms with E-state index in [0.29, 0.717) is 6.54 Å². The van der Waals surface area contributed by atoms with Crippen LogP contribution in [0.25, 0.3) is 0 Å². The summed E-state index contributed by atoms with van der Waals surface area (Å²) in [7, 11) is 2.21. The molecular formula is C14H25N5. The fourth-order valence-corrected chi connectivity index (χ4v) is 2.71. The fourth-order valence-electron chi connectivity index (χ4n) is 2.71. The molecule has 0 saturated carbocycles. The summed E-state index contributed by atoms with van der Waals surface area (Å²) in [5, 5.41) is 3.41. The Morgan fingerprint density at radius 3 is 3.00 bits per heavy atom. The van der Waals surface area contributed by atoms with Crippen molar-refractivity contribution in [1.82, 2.24) is 14.9 Å². The van der Waals surface area contributed by atoms with Crippen molar-refractivity contribution in [1.29, 1.82) is 0 Å². The number of aromatic nitrogens is 2. The molecule has 106 valence electrons. The van der Waals surface area contributed by atoms with Crippen molar-refractivity contribution in [3.8, 4) is 0 Å². The second kappa shape index (κ2) is 6.82. The number of nitrogens with two attached hydrogens (primary N) is 1. The lowest BCUT2D eigenvalue weighted by Crippen LogP contribution is -2.27. The van der Waals surface area contributed by atoms with E-state index in [1.807, 2.05) is 13.0 Å². The molecule has 2 rings (SSSR count). The van der Waals surface area contributed by atoms with Gasteiger partial charge >= 0.3 is 0 Å². The first kappa shape index (κ1) is 14.2. The van der Waals surface area contributed by atoms with Crippen molar-refractivity contribution in [2.45, 2.75) is 38.6 Å². The number of anilines is 1. The van der Waals surface area contributed by atoms with Gasteiger partial charge in [0.15, 0.2) is 0 Å². The van der Waals surface area contributed by atoms with Crippen LogP contribution in [-0.4, -0.2) is 47.6 Å². The third-order valence-corrected chi connectivity index (χ3v) is 3.75. The van der Waals surface area contributed by atoms with Gasteiger partial charge in [-0.25, -0.2) is 9.97 Å². The number of likely N-dealkylation sites (tertiary alicyclic amines) is 1. The molecule has 2 heterocycles. The molecule has 5 nitrogen and oxygen atoms in total. The smallest absolute Gasteiger partial charge is 0.129 e. The number of rotatable bonds is 6. The SMILES string of the molecule is Cc1nc(CCN)cc(NCCC2CCCN2C)n1. The van der Waals surface area contributed by atoms with Crippen LogP contribution in [-0.2, 0) is 6.42 Å². The summed E-state index contributed by atoms with van der Waals surface area (Å²) in [6, 6.07) is 2.73. The van der Waals surface area contributed by atoms with Crippen molar-refractivity contribution >= 4 is 5.82 Å². The van der Waals surface area contributed by atoms with Gasteiger partial charge in [0.2, 0.25) is 0 Å². The number of hydrogen-bond acceptors (Lipinski definition) is 5. The average molecular weight is 263 g/mol. The third-order valence-electron chi connectivity index (χ3n) is 3.75. The Hall–Kier alpha value is -1.20. The van der Waals surface area contributed by atoms with E-state index >= 15 is 0 Å². The Labute approximate surface area is 115 Å². The lowest BCUT2D eigenvalue weighted by molar-refractivity contribution is 0.301. The van der Waals surface area contributed by atoms with Gasteiger partial charge in [0, 0.05) is 30.8 Å². The molecule has 0 spiro atoms. The van der Waals surface area contributed by atoms with E-state index in [9.17, 15) is 0 Å². The van der Waals surface area contributed by atoms with Crippen molar-refractivity contribution < 1.29 is 0 Å². The lowest BCUT2D eigenvalue weighted by Gasteiger charge is -2.19. The summed E-state index contributed by atoms with van der Waals surface area (Å²) in [5.41, 5.74) is 6.60. The van der Waals surface area contributed by atoms with Gasteiger partial charge in [-0.15, -0.1) is 0 Å². The zero-order valence-electron chi connectivity index (χ0n) is 12.0. The molecule has 1 aromatic heterocycles. The Bertz CT molecular complexity index is 407. The predicted molar refractivity (Wildman–Crippen MR) is 78.3 cm³/mol. The summed E-state index contributed by atoms with van der Waals surface area (Å²) in [6.45, 7) is 4.75. The Morgan fingerprint density at radius 1 is 1.47 bits per heavy atom. The Morgan fingerprint density at radius 2 is 2.32 bits per heavy atom. The van der Waals surface area contributed by atoms with Crippen molar-refractivity contribution in [3.05, 3.63) is 17.6 Å². The van der Waals surface area contributed by atoms with Gasteiger partial charge in [0.25, 0.3) is 0 Å². The minimum Gasteiger partial charge on any atom is -0.370 e. The summed E-state index contributed by atoms with van der Waals surface area (Å²) in [4.78, 5) is 11.3. The van der Waals surface area contributed by atoms with E-state index < -0.39 is 0 Å². The van der Waals surface area contributed by atoms with Crippen LogP contribution in [0.3, 0.4) is 0 Å². The molecule has 3 N–H and O–H groups in total. The van der Waals surface area contributed by atoms with Crippen LogP contribution in [0.15, 0.2) is 6.07 Å². The molecule has 1 atom stereocenters. The van der Waals surface area contributed by atoms with E-state index in [1.165, 1.54) is 25.8 Å². The standard InChI is InChI=1S/C14H25N5/c1-11-17-12(5-7-15)10-14(18-11)16-8-6-13-4-3-9-19(13)2/h10,13H,3-9,15H2,1-2H3,(H,16,17,18). The first-order chi connectivity index (χ1) is 9.19. The molecule has 0 amide bonds. The van der Waals surface area contributed by atoms with Crippen LogP contribution in [0.1, 0.15) is 30.8 Å². The fraction of sp³-hybridized carbons (Fsp3) is 0.714. The molecule has 0 aromatic carbocycles. The van der Waals surface area contributed by atoms with E-state index in [4.69, 9.17) is 5.73 Å². The van der Waals surface area contributed by atoms with Gasteiger partial charge in [-0.2, -0.15) is 0 Å². The van der Waals surface area contributed by atoms with E-state index in [1.54, 1.807) is 0 Å². The number of nitrogens with one attached hydrogen (secondary N) is 1. The van der Waals surface area contributed by atoms with Crippen LogP contribution in [0.2, 0.25) is 0 Å². The number of aryl methyl sites for hydroxylation is 1. The van der Waals surface area contributed by atoms with Gasteiger partial charge in [-0.3, -0.25) is 0 Å². The monoisotopic (exact) mass is 263 g/mol. The Balaban J connectivity index is 1.84. The molecule has 1 saturated heterocycles. The second-order valence-electron chi connectivity index (χ2n) is 5.32. The molecule has 1 aliphatic rings. The van der Waals surface area contributed by atoms with Crippen LogP contribution >= 0.6 is 0 Å². The zero-order valence-corrected chi connectivity index (χ0v) is 12.0. The summed E-state index contributed by atoms with van der Waals surface area (Å²) >= 11 is 0. The number of hydrogen-bond donors (Lipinski definition) is 2. The van der Waals surface area contributed by atoms with Crippen LogP contribution < -0.4 is 11.1 Å². The molecule has 5 heteroatoms. The first-order valence-corrected chi connectivity index (χ1v) is 7.18. The van der Waals surface area contributed by atoms with Crippen molar-refractivity contribution in [2.24, 2.45) is 5.73 Å². The largest absolute Gasteiger partial charge is 0.370 e. The highest BCUT2D eigenvalue weighted by Crippen LogP contribution is 2.17. The maximum Gasteiger partial charge on any atom is 0.129 e. The third kappa shape index (κ3) is 4.14. The molecule has 19 heavy (non-hydrogen) atoms. The minimum absolute atomic E-state index is 0.628. The van der Waals surface area contributed by atoms with E-state index in [0.717, 1.165) is 36.3 Å². The van der Waals surface area contributed by atoms with E-state index in [2.05, 4.69) is 27.2 Å². The van der Waals surface area contributed by atoms with Gasteiger partial charge < -0.3 is 16.0 Å². The highest BCUT2D eigenvalue weighted by Gasteiger charge is 2.19. The summed E-state index contributed by atoms with van der Waals surface area (Å²) < 4.78 is 0. The van der Waals surface area contributed by atoms with Gasteiger partial charge in [0.05, 0.1) is 0 Å². The minimum atomic E-state index is 0.628. The highest BCUT2D eigenvalue weighted by atomic mass is 15.1. The topological polar surface area (TPSA) is 67.1 Å². The first-order valence-electron chi connectivity index (χ1n) is 7.18. The zero-order chi connectivity index (χ0) is 13.7. The quantitative estimate of drug-likeness (QED) is 0.807. The molecule has 0 bridgehead atoms. The van der Waals surface area contributed by atoms with Gasteiger partial charge in [0.1, 0.15) is 11.6 Å². The summed E-state index contributed by atoms with van der Waals surface area (Å²) in [6.07, 6.45) is 4.63. The molecule has 1 aromatic rings. The molecular weight excluding hydrogens is 238 g/mol. The van der Waals surface area contributed by atoms with Crippen LogP contribution in [0.5, 0.6) is 0 Å². The lowest BCUT2D eigenvalue weighted by atomic mass is 10.1. The molecule has 1 unspecified atom stereocenters.